The molecule has 0 aromatic carbocycles. The highest BCUT2D eigenvalue weighted by atomic mass is 16.5. The van der Waals surface area contributed by atoms with Crippen molar-refractivity contribution in [3.63, 3.8) is 0 Å². The fourth-order valence-electron chi connectivity index (χ4n) is 2.97. The third kappa shape index (κ3) is 8.24. The van der Waals surface area contributed by atoms with E-state index in [-0.39, 0.29) is 12.5 Å². The normalized spacial score (nSPS) is 26.8. The van der Waals surface area contributed by atoms with Crippen molar-refractivity contribution >= 4 is 5.97 Å². The van der Waals surface area contributed by atoms with Crippen LogP contribution in [0.5, 0.6) is 0 Å². The van der Waals surface area contributed by atoms with E-state index in [4.69, 9.17) is 9.84 Å². The summed E-state index contributed by atoms with van der Waals surface area (Å²) in [5.41, 5.74) is 0. The predicted octanol–water partition coefficient (Wildman–Crippen LogP) is 2.01. The lowest BCUT2D eigenvalue weighted by molar-refractivity contribution is -0.137. The number of carboxylic acid groups (broad SMARTS) is 1. The number of hydrogen-bond acceptors (Lipinski definition) is 5. The van der Waals surface area contributed by atoms with Crippen molar-refractivity contribution in [2.24, 2.45) is 0 Å². The molecule has 6 heteroatoms. The van der Waals surface area contributed by atoms with Gasteiger partial charge in [-0.2, -0.15) is 0 Å². The minimum atomic E-state index is -0.818. The van der Waals surface area contributed by atoms with Crippen LogP contribution >= 0.6 is 0 Å². The number of ether oxygens (including phenoxy) is 1. The van der Waals surface area contributed by atoms with Crippen LogP contribution in [0.4, 0.5) is 0 Å². The molecule has 6 nitrogen and oxygen atoms in total. The monoisotopic (exact) mass is 344 g/mol. The minimum Gasteiger partial charge on any atom is -0.481 e. The van der Waals surface area contributed by atoms with E-state index in [1.54, 1.807) is 12.2 Å². The van der Waals surface area contributed by atoms with Gasteiger partial charge in [0.25, 0.3) is 0 Å². The summed E-state index contributed by atoms with van der Waals surface area (Å²) in [6, 6.07) is 0. The number of aliphatic hydroxyl groups excluding tert-OH is 3. The number of aliphatic carboxylic acids is 1. The summed E-state index contributed by atoms with van der Waals surface area (Å²) in [4.78, 5) is 10.4. The summed E-state index contributed by atoms with van der Waals surface area (Å²) < 4.78 is 5.60. The molecule has 0 unspecified atom stereocenters. The van der Waals surface area contributed by atoms with Crippen LogP contribution < -0.4 is 0 Å². The maximum Gasteiger partial charge on any atom is 0.303 e. The molecule has 0 aromatic rings. The Bertz CT molecular complexity index is 384. The van der Waals surface area contributed by atoms with Crippen LogP contribution in [-0.4, -0.2) is 56.9 Å². The summed E-state index contributed by atoms with van der Waals surface area (Å²) in [6.45, 7) is 1.93. The maximum absolute atomic E-state index is 10.4. The van der Waals surface area contributed by atoms with E-state index in [2.05, 4.69) is 0 Å². The number of aliphatic hydroxyl groups is 3. The number of carboxylic acids is 1. The Morgan fingerprint density at radius 1 is 1.17 bits per heavy atom. The molecular weight excluding hydrogens is 312 g/mol. The molecule has 24 heavy (non-hydrogen) atoms. The van der Waals surface area contributed by atoms with Crippen LogP contribution in [0.1, 0.15) is 64.7 Å². The van der Waals surface area contributed by atoms with Gasteiger partial charge in [0.15, 0.2) is 0 Å². The van der Waals surface area contributed by atoms with E-state index in [1.165, 1.54) is 0 Å². The molecule has 0 radical (unpaired) electrons. The maximum atomic E-state index is 10.4. The van der Waals surface area contributed by atoms with Crippen molar-refractivity contribution in [1.82, 2.24) is 0 Å². The molecule has 0 aliphatic carbocycles. The van der Waals surface area contributed by atoms with E-state index in [0.717, 1.165) is 25.7 Å². The highest BCUT2D eigenvalue weighted by Crippen LogP contribution is 2.25. The predicted molar refractivity (Wildman–Crippen MR) is 90.7 cm³/mol. The van der Waals surface area contributed by atoms with Crippen molar-refractivity contribution in [2.45, 2.75) is 95.2 Å². The first-order valence-electron chi connectivity index (χ1n) is 9.03. The van der Waals surface area contributed by atoms with Gasteiger partial charge in [-0.3, -0.25) is 4.79 Å². The topological polar surface area (TPSA) is 107 Å². The minimum absolute atomic E-state index is 0.218. The lowest BCUT2D eigenvalue weighted by Gasteiger charge is -2.16. The zero-order chi connectivity index (χ0) is 17.9. The van der Waals surface area contributed by atoms with Gasteiger partial charge in [-0.05, 0) is 19.3 Å². The Balaban J connectivity index is 2.12. The molecular formula is C18H32O6. The molecule has 1 heterocycles. The van der Waals surface area contributed by atoms with Gasteiger partial charge in [0.1, 0.15) is 0 Å². The molecule has 0 aromatic heterocycles. The fraction of sp³-hybridized carbons (Fsp3) is 0.833. The quantitative estimate of drug-likeness (QED) is 0.319. The highest BCUT2D eigenvalue weighted by molar-refractivity contribution is 5.66. The van der Waals surface area contributed by atoms with Gasteiger partial charge < -0.3 is 25.2 Å². The van der Waals surface area contributed by atoms with Crippen LogP contribution in [0.3, 0.4) is 0 Å². The van der Waals surface area contributed by atoms with E-state index in [9.17, 15) is 20.1 Å². The average Bonchev–Trinajstić information content (AvgIpc) is 2.92. The number of carbonyl (C=O) groups is 1. The second-order valence-corrected chi connectivity index (χ2v) is 6.57. The van der Waals surface area contributed by atoms with Gasteiger partial charge in [0, 0.05) is 12.8 Å². The van der Waals surface area contributed by atoms with Crippen molar-refractivity contribution in [3.05, 3.63) is 12.2 Å². The molecule has 0 spiro atoms. The third-order valence-corrected chi connectivity index (χ3v) is 4.46. The van der Waals surface area contributed by atoms with E-state index >= 15 is 0 Å². The van der Waals surface area contributed by atoms with Gasteiger partial charge in [0.05, 0.1) is 30.5 Å². The lowest BCUT2D eigenvalue weighted by Crippen LogP contribution is -2.24. The first kappa shape index (κ1) is 21.1. The zero-order valence-electron chi connectivity index (χ0n) is 14.5. The standard InChI is InChI=1S/C18H32O6/c1-2-16-15(21)12-17(24-16)14(20)11-10-13(19)8-6-4-3-5-7-9-18(22)23/h10-11,13-17,19-21H,2-9,12H2,1H3,(H,22,23)/t13-,14+,15+,16-,17-/m1/s1. The largest absolute Gasteiger partial charge is 0.481 e. The Kier molecular flexibility index (Phi) is 10.2. The molecule has 1 aliphatic rings. The van der Waals surface area contributed by atoms with Crippen LogP contribution in [0.15, 0.2) is 12.2 Å². The molecule has 1 aliphatic heterocycles. The molecule has 1 fully saturated rings. The summed E-state index contributed by atoms with van der Waals surface area (Å²) >= 11 is 0. The van der Waals surface area contributed by atoms with E-state index in [1.807, 2.05) is 6.92 Å². The Labute approximate surface area is 144 Å². The molecule has 0 saturated carbocycles. The van der Waals surface area contributed by atoms with Crippen LogP contribution in [0.25, 0.3) is 0 Å². The third-order valence-electron chi connectivity index (χ3n) is 4.46. The Morgan fingerprint density at radius 2 is 1.83 bits per heavy atom. The van der Waals surface area contributed by atoms with Crippen molar-refractivity contribution in [3.8, 4) is 0 Å². The fourth-order valence-corrected chi connectivity index (χ4v) is 2.97. The summed E-state index contributed by atoms with van der Waals surface area (Å²) in [6.07, 6.45) is 6.92. The Hall–Kier alpha value is -0.950. The lowest BCUT2D eigenvalue weighted by atomic mass is 10.0. The first-order chi connectivity index (χ1) is 11.4. The molecule has 1 rings (SSSR count). The van der Waals surface area contributed by atoms with Gasteiger partial charge in [-0.1, -0.05) is 44.8 Å². The molecule has 0 bridgehead atoms. The molecule has 140 valence electrons. The first-order valence-corrected chi connectivity index (χ1v) is 9.03. The SMILES string of the molecule is CC[C@H]1O[C@@H]([C@@H](O)C=C[C@H](O)CCCCCCCC(=O)O)C[C@@H]1O. The number of unbranched alkanes of at least 4 members (excludes halogenated alkanes) is 4. The van der Waals surface area contributed by atoms with Crippen LogP contribution in [0, 0.1) is 0 Å². The molecule has 4 N–H and O–H groups in total. The van der Waals surface area contributed by atoms with Crippen molar-refractivity contribution < 1.29 is 30.0 Å². The molecule has 0 amide bonds. The van der Waals surface area contributed by atoms with Gasteiger partial charge in [-0.15, -0.1) is 0 Å². The smallest absolute Gasteiger partial charge is 0.303 e. The second kappa shape index (κ2) is 11.6. The van der Waals surface area contributed by atoms with Crippen LogP contribution in [0.2, 0.25) is 0 Å². The summed E-state index contributed by atoms with van der Waals surface area (Å²) in [5.74, 6) is -0.752. The van der Waals surface area contributed by atoms with Crippen molar-refractivity contribution in [2.75, 3.05) is 0 Å². The second-order valence-electron chi connectivity index (χ2n) is 6.57. The average molecular weight is 344 g/mol. The van der Waals surface area contributed by atoms with Gasteiger partial charge in [0.2, 0.25) is 0 Å². The van der Waals surface area contributed by atoms with Gasteiger partial charge in [-0.25, -0.2) is 0 Å². The van der Waals surface area contributed by atoms with E-state index < -0.39 is 30.4 Å². The Morgan fingerprint density at radius 3 is 2.46 bits per heavy atom. The molecule has 1 saturated heterocycles. The number of hydrogen-bond donors (Lipinski definition) is 4. The highest BCUT2D eigenvalue weighted by Gasteiger charge is 2.35. The summed E-state index contributed by atoms with van der Waals surface area (Å²) in [5, 5.41) is 38.3. The van der Waals surface area contributed by atoms with Crippen LogP contribution in [-0.2, 0) is 9.53 Å². The molecule has 5 atom stereocenters. The van der Waals surface area contributed by atoms with Crippen molar-refractivity contribution in [1.29, 1.82) is 0 Å². The number of rotatable bonds is 12. The van der Waals surface area contributed by atoms with E-state index in [0.29, 0.717) is 25.7 Å². The van der Waals surface area contributed by atoms with Gasteiger partial charge >= 0.3 is 5.97 Å². The zero-order valence-corrected chi connectivity index (χ0v) is 14.5. The summed E-state index contributed by atoms with van der Waals surface area (Å²) in [7, 11) is 0.